The molecule has 0 aliphatic rings. The molecular weight excluding hydrogens is 363 g/mol. The number of esters is 1. The Kier molecular flexibility index (Phi) is 7.15. The molecule has 0 amide bonds. The van der Waals surface area contributed by atoms with Gasteiger partial charge < -0.3 is 10.1 Å². The number of hydrogen-bond donors (Lipinski definition) is 1. The van der Waals surface area contributed by atoms with Crippen LogP contribution in [0.15, 0.2) is 65.6 Å². The molecule has 0 saturated carbocycles. The summed E-state index contributed by atoms with van der Waals surface area (Å²) < 4.78 is 44.0. The molecule has 2 aromatic rings. The van der Waals surface area contributed by atoms with Gasteiger partial charge in [-0.05, 0) is 29.8 Å². The summed E-state index contributed by atoms with van der Waals surface area (Å²) in [5, 5.41) is 2.97. The van der Waals surface area contributed by atoms with E-state index >= 15 is 0 Å². The Morgan fingerprint density at radius 2 is 1.62 bits per heavy atom. The molecule has 138 valence electrons. The molecule has 0 aliphatic carbocycles. The number of thioether (sulfide) groups is 1. The van der Waals surface area contributed by atoms with Crippen molar-refractivity contribution in [2.24, 2.45) is 0 Å². The molecule has 0 unspecified atom stereocenters. The average Bonchev–Trinajstić information content (AvgIpc) is 2.62. The van der Waals surface area contributed by atoms with Crippen molar-refractivity contribution in [3.05, 3.63) is 76.7 Å². The van der Waals surface area contributed by atoms with Crippen LogP contribution in [0.3, 0.4) is 0 Å². The predicted molar refractivity (Wildman–Crippen MR) is 96.9 cm³/mol. The van der Waals surface area contributed by atoms with Gasteiger partial charge in [-0.15, -0.1) is 0 Å². The molecule has 0 aliphatic heterocycles. The van der Waals surface area contributed by atoms with E-state index in [-0.39, 0.29) is 18.8 Å². The SMILES string of the molecule is CCOC(=O)/C(SC(F)(F)F)=C(/NCc1ccccc1)c1ccccc1. The van der Waals surface area contributed by atoms with E-state index < -0.39 is 28.1 Å². The topological polar surface area (TPSA) is 38.3 Å². The zero-order chi connectivity index (χ0) is 19.0. The van der Waals surface area contributed by atoms with E-state index in [0.29, 0.717) is 5.56 Å². The van der Waals surface area contributed by atoms with Crippen LogP contribution in [0.1, 0.15) is 18.1 Å². The van der Waals surface area contributed by atoms with Crippen molar-refractivity contribution < 1.29 is 22.7 Å². The molecule has 0 bridgehead atoms. The smallest absolute Gasteiger partial charge is 0.446 e. The number of benzene rings is 2. The van der Waals surface area contributed by atoms with Crippen molar-refractivity contribution in [2.45, 2.75) is 19.0 Å². The third-order valence-corrected chi connectivity index (χ3v) is 4.09. The maximum absolute atomic E-state index is 13.0. The van der Waals surface area contributed by atoms with Crippen LogP contribution in [0.4, 0.5) is 13.2 Å². The minimum absolute atomic E-state index is 0.0124. The van der Waals surface area contributed by atoms with Crippen molar-refractivity contribution in [1.82, 2.24) is 5.32 Å². The third-order valence-electron chi connectivity index (χ3n) is 3.28. The summed E-state index contributed by atoms with van der Waals surface area (Å²) >= 11 is -0.469. The molecule has 0 spiro atoms. The van der Waals surface area contributed by atoms with E-state index in [1.807, 2.05) is 30.3 Å². The Morgan fingerprint density at radius 1 is 1.04 bits per heavy atom. The number of ether oxygens (including phenoxy) is 1. The maximum atomic E-state index is 13.0. The van der Waals surface area contributed by atoms with E-state index in [2.05, 4.69) is 5.32 Å². The van der Waals surface area contributed by atoms with Gasteiger partial charge in [0.25, 0.3) is 0 Å². The second-order valence-corrected chi connectivity index (χ2v) is 6.25. The summed E-state index contributed by atoms with van der Waals surface area (Å²) in [6.07, 6.45) is 0. The zero-order valence-corrected chi connectivity index (χ0v) is 14.9. The lowest BCUT2D eigenvalue weighted by Gasteiger charge is -2.17. The van der Waals surface area contributed by atoms with Crippen LogP contribution < -0.4 is 5.32 Å². The summed E-state index contributed by atoms with van der Waals surface area (Å²) in [5.41, 5.74) is -3.17. The summed E-state index contributed by atoms with van der Waals surface area (Å²) in [6, 6.07) is 17.6. The van der Waals surface area contributed by atoms with Crippen LogP contribution in [0.5, 0.6) is 0 Å². The third kappa shape index (κ3) is 6.15. The van der Waals surface area contributed by atoms with E-state index in [0.717, 1.165) is 5.56 Å². The van der Waals surface area contributed by atoms with Crippen molar-refractivity contribution in [3.63, 3.8) is 0 Å². The van der Waals surface area contributed by atoms with E-state index in [1.54, 1.807) is 37.3 Å². The van der Waals surface area contributed by atoms with E-state index in [4.69, 9.17) is 4.74 Å². The van der Waals surface area contributed by atoms with Gasteiger partial charge in [0.2, 0.25) is 0 Å². The summed E-state index contributed by atoms with van der Waals surface area (Å²) in [5.74, 6) is -1.01. The molecule has 0 atom stereocenters. The monoisotopic (exact) mass is 381 g/mol. The lowest BCUT2D eigenvalue weighted by Crippen LogP contribution is -2.20. The zero-order valence-electron chi connectivity index (χ0n) is 14.0. The quantitative estimate of drug-likeness (QED) is 0.543. The highest BCUT2D eigenvalue weighted by Gasteiger charge is 2.35. The number of rotatable bonds is 7. The van der Waals surface area contributed by atoms with Crippen LogP contribution in [-0.4, -0.2) is 18.1 Å². The van der Waals surface area contributed by atoms with Gasteiger partial charge in [0.15, 0.2) is 0 Å². The van der Waals surface area contributed by atoms with Gasteiger partial charge in [0, 0.05) is 6.54 Å². The molecule has 1 N–H and O–H groups in total. The van der Waals surface area contributed by atoms with Gasteiger partial charge in [-0.25, -0.2) is 4.79 Å². The summed E-state index contributed by atoms with van der Waals surface area (Å²) in [7, 11) is 0. The number of nitrogens with one attached hydrogen (secondary N) is 1. The predicted octanol–water partition coefficient (Wildman–Crippen LogP) is 4.96. The van der Waals surface area contributed by atoms with Crippen molar-refractivity contribution >= 4 is 23.4 Å². The van der Waals surface area contributed by atoms with Crippen molar-refractivity contribution in [2.75, 3.05) is 6.61 Å². The number of hydrogen-bond acceptors (Lipinski definition) is 4. The number of carbonyl (C=O) groups excluding carboxylic acids is 1. The second kappa shape index (κ2) is 9.33. The van der Waals surface area contributed by atoms with Gasteiger partial charge >= 0.3 is 11.5 Å². The minimum atomic E-state index is -4.61. The molecule has 26 heavy (non-hydrogen) atoms. The van der Waals surface area contributed by atoms with Gasteiger partial charge in [0.05, 0.1) is 12.3 Å². The standard InChI is InChI=1S/C19H18F3NO2S/c1-2-25-18(24)17(26-19(20,21)22)16(15-11-7-4-8-12-15)23-13-14-9-5-3-6-10-14/h3-12,23H,2,13H2,1H3/b17-16-. The first-order valence-corrected chi connectivity index (χ1v) is 8.72. The maximum Gasteiger partial charge on any atom is 0.446 e. The van der Waals surface area contributed by atoms with Crippen LogP contribution in [0, 0.1) is 0 Å². The average molecular weight is 381 g/mol. The lowest BCUT2D eigenvalue weighted by molar-refractivity contribution is -0.137. The van der Waals surface area contributed by atoms with Crippen molar-refractivity contribution in [3.8, 4) is 0 Å². The number of halogens is 3. The van der Waals surface area contributed by atoms with Crippen LogP contribution in [-0.2, 0) is 16.1 Å². The first-order chi connectivity index (χ1) is 12.4. The molecule has 3 nitrogen and oxygen atoms in total. The Hall–Kier alpha value is -2.41. The molecular formula is C19H18F3NO2S. The second-order valence-electron chi connectivity index (χ2n) is 5.18. The van der Waals surface area contributed by atoms with Crippen LogP contribution in [0.25, 0.3) is 5.70 Å². The number of alkyl halides is 3. The molecule has 2 rings (SSSR count). The Labute approximate surface area is 154 Å². The highest BCUT2D eigenvalue weighted by Crippen LogP contribution is 2.39. The lowest BCUT2D eigenvalue weighted by atomic mass is 10.1. The first-order valence-electron chi connectivity index (χ1n) is 7.91. The fourth-order valence-electron chi connectivity index (χ4n) is 2.21. The molecule has 2 aromatic carbocycles. The van der Waals surface area contributed by atoms with E-state index in [9.17, 15) is 18.0 Å². The fourth-order valence-corrected chi connectivity index (χ4v) is 2.88. The molecule has 0 fully saturated rings. The minimum Gasteiger partial charge on any atom is -0.462 e. The molecule has 0 saturated heterocycles. The Morgan fingerprint density at radius 3 is 2.15 bits per heavy atom. The highest BCUT2D eigenvalue weighted by atomic mass is 32.2. The molecule has 0 aromatic heterocycles. The van der Waals surface area contributed by atoms with Gasteiger partial charge in [-0.2, -0.15) is 13.2 Å². The summed E-state index contributed by atoms with van der Waals surface area (Å²) in [4.78, 5) is 11.7. The first kappa shape index (κ1) is 19.9. The van der Waals surface area contributed by atoms with Gasteiger partial charge in [-0.3, -0.25) is 0 Å². The van der Waals surface area contributed by atoms with Crippen molar-refractivity contribution in [1.29, 1.82) is 0 Å². The normalized spacial score (nSPS) is 12.3. The van der Waals surface area contributed by atoms with Gasteiger partial charge in [0.1, 0.15) is 4.91 Å². The number of carbonyl (C=O) groups is 1. The van der Waals surface area contributed by atoms with Gasteiger partial charge in [-0.1, -0.05) is 60.7 Å². The largest absolute Gasteiger partial charge is 0.462 e. The van der Waals surface area contributed by atoms with Crippen LogP contribution in [0.2, 0.25) is 0 Å². The fraction of sp³-hybridized carbons (Fsp3) is 0.211. The summed E-state index contributed by atoms with van der Waals surface area (Å²) in [6.45, 7) is 1.81. The van der Waals surface area contributed by atoms with E-state index in [1.165, 1.54) is 0 Å². The van der Waals surface area contributed by atoms with Crippen LogP contribution >= 0.6 is 11.8 Å². The Balaban J connectivity index is 2.45. The molecule has 0 radical (unpaired) electrons. The molecule has 7 heteroatoms. The Bertz CT molecular complexity index is 746. The molecule has 0 heterocycles. The highest BCUT2D eigenvalue weighted by molar-refractivity contribution is 8.05.